The van der Waals surface area contributed by atoms with Gasteiger partial charge in [-0.05, 0) is 55.7 Å². The van der Waals surface area contributed by atoms with Crippen molar-refractivity contribution in [2.75, 3.05) is 23.8 Å². The highest BCUT2D eigenvalue weighted by Gasteiger charge is 2.32. The number of hydrogen-bond acceptors (Lipinski definition) is 7. The average Bonchev–Trinajstić information content (AvgIpc) is 3.59. The topological polar surface area (TPSA) is 85.1 Å². The van der Waals surface area contributed by atoms with Crippen LogP contribution in [0.2, 0.25) is 25.7 Å². The van der Waals surface area contributed by atoms with E-state index in [1.165, 1.54) is 23.5 Å². The van der Waals surface area contributed by atoms with Gasteiger partial charge in [0.05, 0.1) is 17.3 Å². The SMILES string of the molecule is [2H]C([2H])([2H])n1cc(Nc2nc(N[C@@H]3CC[C@H](C)N(Cc4ccccc4)C3)c3c(C4CC4)cn(COCC[Si](C)(C)C)c3n2)cn1. The van der Waals surface area contributed by atoms with Crippen molar-refractivity contribution in [1.29, 1.82) is 0 Å². The van der Waals surface area contributed by atoms with Gasteiger partial charge in [-0.25, -0.2) is 0 Å². The summed E-state index contributed by atoms with van der Waals surface area (Å²) >= 11 is 0. The molecule has 9 nitrogen and oxygen atoms in total. The first kappa shape index (κ1) is 25.3. The molecule has 4 heterocycles. The molecule has 6 rings (SSSR count). The van der Waals surface area contributed by atoms with Gasteiger partial charge < -0.3 is 19.9 Å². The van der Waals surface area contributed by atoms with E-state index in [9.17, 15) is 0 Å². The number of likely N-dealkylation sites (tertiary alicyclic amines) is 1. The van der Waals surface area contributed by atoms with Crippen molar-refractivity contribution in [3.63, 3.8) is 0 Å². The van der Waals surface area contributed by atoms with E-state index >= 15 is 0 Å². The molecule has 42 heavy (non-hydrogen) atoms. The van der Waals surface area contributed by atoms with Crippen LogP contribution in [0.25, 0.3) is 11.0 Å². The molecule has 10 heteroatoms. The molecule has 0 unspecified atom stereocenters. The summed E-state index contributed by atoms with van der Waals surface area (Å²) in [7, 11) is -1.22. The number of fused-ring (bicyclic) bond motifs is 1. The Bertz CT molecular complexity index is 1600. The molecule has 3 aromatic heterocycles. The Hall–Kier alpha value is -3.21. The van der Waals surface area contributed by atoms with Crippen molar-refractivity contribution >= 4 is 36.6 Å². The summed E-state index contributed by atoms with van der Waals surface area (Å²) < 4.78 is 32.4. The van der Waals surface area contributed by atoms with Crippen LogP contribution in [0.3, 0.4) is 0 Å². The number of nitrogens with zero attached hydrogens (tertiary/aromatic N) is 6. The quantitative estimate of drug-likeness (QED) is 0.143. The summed E-state index contributed by atoms with van der Waals surface area (Å²) in [5.41, 5.74) is 3.93. The Morgan fingerprint density at radius 2 is 1.90 bits per heavy atom. The fourth-order valence-electron chi connectivity index (χ4n) is 5.77. The molecule has 1 aliphatic heterocycles. The number of aromatic nitrogens is 5. The highest BCUT2D eigenvalue weighted by atomic mass is 28.3. The average molecular weight is 590 g/mol. The van der Waals surface area contributed by atoms with Gasteiger partial charge in [-0.1, -0.05) is 50.0 Å². The zero-order valence-corrected chi connectivity index (χ0v) is 26.3. The molecule has 2 N–H and O–H groups in total. The van der Waals surface area contributed by atoms with Gasteiger partial charge >= 0.3 is 0 Å². The van der Waals surface area contributed by atoms with Crippen LogP contribution in [0.4, 0.5) is 17.5 Å². The summed E-state index contributed by atoms with van der Waals surface area (Å²) in [4.78, 5) is 12.6. The number of hydrogen-bond donors (Lipinski definition) is 2. The minimum atomic E-state index is -2.36. The van der Waals surface area contributed by atoms with E-state index in [0.717, 1.165) is 73.0 Å². The predicted octanol–water partition coefficient (Wildman–Crippen LogP) is 6.56. The van der Waals surface area contributed by atoms with E-state index < -0.39 is 15.0 Å². The molecule has 0 radical (unpaired) electrons. The fourth-order valence-corrected chi connectivity index (χ4v) is 6.52. The molecule has 1 saturated heterocycles. The molecule has 2 atom stereocenters. The maximum Gasteiger partial charge on any atom is 0.231 e. The minimum Gasteiger partial charge on any atom is -0.365 e. The molecule has 224 valence electrons. The number of nitrogens with one attached hydrogen (secondary N) is 2. The van der Waals surface area contributed by atoms with Gasteiger partial charge in [0.25, 0.3) is 0 Å². The molecule has 1 saturated carbocycles. The third-order valence-corrected chi connectivity index (χ3v) is 10.1. The fraction of sp³-hybridized carbons (Fsp3) is 0.531. The molecule has 0 spiro atoms. The number of rotatable bonds is 12. The Labute approximate surface area is 254 Å². The highest BCUT2D eigenvalue weighted by Crippen LogP contribution is 2.45. The van der Waals surface area contributed by atoms with Crippen LogP contribution in [0.1, 0.15) is 53.8 Å². The van der Waals surface area contributed by atoms with Gasteiger partial charge in [0.2, 0.25) is 5.95 Å². The number of benzene rings is 1. The van der Waals surface area contributed by atoms with E-state index in [1.807, 2.05) is 0 Å². The summed E-state index contributed by atoms with van der Waals surface area (Å²) in [6.45, 7) is 10.0. The first-order valence-electron chi connectivity index (χ1n) is 16.8. The summed E-state index contributed by atoms with van der Waals surface area (Å²) in [6, 6.07) is 12.5. The highest BCUT2D eigenvalue weighted by molar-refractivity contribution is 6.76. The van der Waals surface area contributed by atoms with Crippen molar-refractivity contribution in [2.24, 2.45) is 6.98 Å². The maximum atomic E-state index is 7.69. The van der Waals surface area contributed by atoms with Gasteiger partial charge in [0, 0.05) is 63.3 Å². The van der Waals surface area contributed by atoms with E-state index in [4.69, 9.17) is 18.8 Å². The summed E-state index contributed by atoms with van der Waals surface area (Å²) in [5, 5.41) is 12.2. The van der Waals surface area contributed by atoms with Crippen LogP contribution in [0.5, 0.6) is 0 Å². The van der Waals surface area contributed by atoms with E-state index in [2.05, 4.69) is 88.3 Å². The molecule has 0 amide bonds. The van der Waals surface area contributed by atoms with Crippen molar-refractivity contribution < 1.29 is 8.85 Å². The smallest absolute Gasteiger partial charge is 0.231 e. The van der Waals surface area contributed by atoms with Crippen LogP contribution in [-0.2, 0) is 25.0 Å². The third kappa shape index (κ3) is 7.04. The molecule has 4 aromatic rings. The van der Waals surface area contributed by atoms with Crippen LogP contribution in [0.15, 0.2) is 48.9 Å². The Morgan fingerprint density at radius 1 is 1.07 bits per heavy atom. The van der Waals surface area contributed by atoms with Gasteiger partial charge in [0.15, 0.2) is 0 Å². The van der Waals surface area contributed by atoms with Gasteiger partial charge in [-0.15, -0.1) is 0 Å². The second kappa shape index (κ2) is 12.2. The first-order chi connectivity index (χ1) is 21.4. The summed E-state index contributed by atoms with van der Waals surface area (Å²) in [5.74, 6) is 1.70. The first-order valence-corrected chi connectivity index (χ1v) is 19.0. The monoisotopic (exact) mass is 589 g/mol. The second-order valence-corrected chi connectivity index (χ2v) is 18.9. The van der Waals surface area contributed by atoms with Gasteiger partial charge in [-0.2, -0.15) is 15.1 Å². The van der Waals surface area contributed by atoms with E-state index in [1.54, 1.807) is 0 Å². The van der Waals surface area contributed by atoms with Crippen LogP contribution in [0, 0.1) is 0 Å². The van der Waals surface area contributed by atoms with Crippen molar-refractivity contribution in [3.05, 3.63) is 60.0 Å². The van der Waals surface area contributed by atoms with E-state index in [0.29, 0.717) is 30.3 Å². The second-order valence-electron chi connectivity index (χ2n) is 13.3. The molecular weight excluding hydrogens is 540 g/mol. The largest absolute Gasteiger partial charge is 0.365 e. The standard InChI is InChI=1S/C32H46N8OSi/c1-23-11-14-26(20-39(23)18-24-9-7-6-8-10-24)34-30-29-28(25-12-13-25)21-40(22-41-15-16-42(3,4)5)31(29)37-32(36-30)35-27-17-33-38(2)19-27/h6-10,17,19,21,23,25-26H,11-16,18,20,22H2,1-5H3,(H2,34,35,36,37)/t23-,26+/m0/s1/i2D3. The van der Waals surface area contributed by atoms with Gasteiger partial charge in [0.1, 0.15) is 18.2 Å². The summed E-state index contributed by atoms with van der Waals surface area (Å²) in [6.07, 6.45) is 9.63. The van der Waals surface area contributed by atoms with Crippen molar-refractivity contribution in [3.8, 4) is 0 Å². The van der Waals surface area contributed by atoms with Crippen molar-refractivity contribution in [2.45, 2.75) is 89.6 Å². The van der Waals surface area contributed by atoms with Crippen LogP contribution < -0.4 is 10.6 Å². The lowest BCUT2D eigenvalue weighted by atomic mass is 9.98. The van der Waals surface area contributed by atoms with Crippen molar-refractivity contribution in [1.82, 2.24) is 29.2 Å². The molecule has 1 aromatic carbocycles. The molecular formula is C32H46N8OSi. The zero-order valence-electron chi connectivity index (χ0n) is 28.3. The Balaban J connectivity index is 1.31. The lowest BCUT2D eigenvalue weighted by Crippen LogP contribution is -2.46. The number of aryl methyl sites for hydroxylation is 1. The molecule has 2 aliphatic rings. The lowest BCUT2D eigenvalue weighted by molar-refractivity contribution is 0.0898. The number of anilines is 3. The number of piperidine rings is 1. The third-order valence-electron chi connectivity index (χ3n) is 8.41. The molecule has 1 aliphatic carbocycles. The Morgan fingerprint density at radius 3 is 2.64 bits per heavy atom. The Kier molecular flexibility index (Phi) is 7.34. The van der Waals surface area contributed by atoms with Gasteiger partial charge in [-0.3, -0.25) is 9.58 Å². The minimum absolute atomic E-state index is 0.220. The number of ether oxygens (including phenoxy) is 1. The normalized spacial score (nSPS) is 21.2. The molecule has 2 fully saturated rings. The van der Waals surface area contributed by atoms with Crippen LogP contribution in [-0.4, -0.2) is 62.5 Å². The van der Waals surface area contributed by atoms with E-state index in [-0.39, 0.29) is 6.04 Å². The zero-order chi connectivity index (χ0) is 31.8. The molecule has 0 bridgehead atoms. The lowest BCUT2D eigenvalue weighted by Gasteiger charge is -2.38. The predicted molar refractivity (Wildman–Crippen MR) is 173 cm³/mol. The maximum absolute atomic E-state index is 7.69. The van der Waals surface area contributed by atoms with Crippen LogP contribution >= 0.6 is 0 Å².